The molecular weight excluding hydrogens is 309 g/mol. The van der Waals surface area contributed by atoms with E-state index >= 15 is 0 Å². The smallest absolute Gasteiger partial charge is 0.317 e. The Bertz CT molecular complexity index is 562. The number of urea groups is 1. The van der Waals surface area contributed by atoms with Gasteiger partial charge >= 0.3 is 6.03 Å². The second-order valence-electron chi connectivity index (χ2n) is 6.42. The molecule has 0 heterocycles. The van der Waals surface area contributed by atoms with Crippen LogP contribution < -0.4 is 10.6 Å². The van der Waals surface area contributed by atoms with Crippen molar-refractivity contribution in [2.24, 2.45) is 5.92 Å². The van der Waals surface area contributed by atoms with Crippen LogP contribution in [-0.4, -0.2) is 43.5 Å². The van der Waals surface area contributed by atoms with Crippen molar-refractivity contribution in [1.29, 1.82) is 0 Å². The molecule has 0 radical (unpaired) electrons. The van der Waals surface area contributed by atoms with E-state index in [1.54, 1.807) is 19.0 Å². The molecule has 1 aliphatic carbocycles. The number of hydrogen-bond acceptors (Lipinski definition) is 2. The molecule has 1 saturated carbocycles. The Morgan fingerprint density at radius 3 is 2.62 bits per heavy atom. The predicted molar refractivity (Wildman–Crippen MR) is 91.1 cm³/mol. The lowest BCUT2D eigenvalue weighted by Crippen LogP contribution is -2.45. The third-order valence-corrected chi connectivity index (χ3v) is 4.68. The van der Waals surface area contributed by atoms with Crippen LogP contribution in [0.3, 0.4) is 0 Å². The van der Waals surface area contributed by atoms with Gasteiger partial charge in [0.25, 0.3) is 0 Å². The van der Waals surface area contributed by atoms with Crippen LogP contribution in [0.1, 0.15) is 31.2 Å². The third-order valence-electron chi connectivity index (χ3n) is 4.68. The number of hydrogen-bond donors (Lipinski definition) is 2. The molecule has 5 nitrogen and oxygen atoms in total. The predicted octanol–water partition coefficient (Wildman–Crippen LogP) is 2.31. The summed E-state index contributed by atoms with van der Waals surface area (Å²) in [4.78, 5) is 25.1. The van der Waals surface area contributed by atoms with Gasteiger partial charge in [-0.05, 0) is 42.9 Å². The normalized spacial score (nSPS) is 19.8. The van der Waals surface area contributed by atoms with Gasteiger partial charge in [0, 0.05) is 33.1 Å². The maximum atomic E-state index is 13.0. The standard InChI is InChI=1S/C18H26FN3O2/c1-20-17(23)10-11-22(2)18(24)21-16-5-3-4-14(16)12-13-6-8-15(19)9-7-13/h6-9,14,16H,3-5,10-12H2,1-2H3,(H,20,23)(H,21,24)/t14-,16-/m0/s1. The number of nitrogens with one attached hydrogen (secondary N) is 2. The van der Waals surface area contributed by atoms with Gasteiger partial charge in [-0.3, -0.25) is 4.79 Å². The zero-order valence-electron chi connectivity index (χ0n) is 14.3. The molecule has 0 unspecified atom stereocenters. The first kappa shape index (κ1) is 18.2. The molecule has 6 heteroatoms. The fourth-order valence-corrected chi connectivity index (χ4v) is 3.16. The topological polar surface area (TPSA) is 61.4 Å². The largest absolute Gasteiger partial charge is 0.359 e. The van der Waals surface area contributed by atoms with Crippen LogP contribution in [0.5, 0.6) is 0 Å². The van der Waals surface area contributed by atoms with Gasteiger partial charge in [-0.25, -0.2) is 9.18 Å². The van der Waals surface area contributed by atoms with Crippen molar-refractivity contribution in [3.63, 3.8) is 0 Å². The number of rotatable bonds is 6. The van der Waals surface area contributed by atoms with Crippen molar-refractivity contribution in [2.75, 3.05) is 20.6 Å². The van der Waals surface area contributed by atoms with E-state index in [0.29, 0.717) is 18.9 Å². The summed E-state index contributed by atoms with van der Waals surface area (Å²) in [5, 5.41) is 5.63. The first-order valence-electron chi connectivity index (χ1n) is 8.46. The Hall–Kier alpha value is -2.11. The van der Waals surface area contributed by atoms with Crippen LogP contribution in [0.25, 0.3) is 0 Å². The van der Waals surface area contributed by atoms with Gasteiger partial charge in [0.15, 0.2) is 0 Å². The summed E-state index contributed by atoms with van der Waals surface area (Å²) in [6.07, 6.45) is 4.24. The molecule has 1 aliphatic rings. The van der Waals surface area contributed by atoms with E-state index in [9.17, 15) is 14.0 Å². The molecule has 0 bridgehead atoms. The van der Waals surface area contributed by atoms with E-state index in [1.165, 1.54) is 12.1 Å². The summed E-state index contributed by atoms with van der Waals surface area (Å²) in [7, 11) is 3.28. The SMILES string of the molecule is CNC(=O)CCN(C)C(=O)N[C@H]1CCC[C@H]1Cc1ccc(F)cc1. The molecule has 0 aromatic heterocycles. The number of halogens is 1. The number of benzene rings is 1. The number of amides is 3. The van der Waals surface area contributed by atoms with Crippen molar-refractivity contribution in [3.05, 3.63) is 35.6 Å². The molecule has 2 rings (SSSR count). The summed E-state index contributed by atoms with van der Waals surface area (Å²) in [5.74, 6) is 0.0595. The van der Waals surface area contributed by atoms with Crippen LogP contribution in [0.2, 0.25) is 0 Å². The highest BCUT2D eigenvalue weighted by atomic mass is 19.1. The molecule has 1 aromatic rings. The van der Waals surface area contributed by atoms with Gasteiger partial charge < -0.3 is 15.5 Å². The molecule has 1 aromatic carbocycles. The van der Waals surface area contributed by atoms with Gasteiger partial charge in [0.1, 0.15) is 5.82 Å². The van der Waals surface area contributed by atoms with Crippen molar-refractivity contribution >= 4 is 11.9 Å². The second-order valence-corrected chi connectivity index (χ2v) is 6.42. The van der Waals surface area contributed by atoms with Crippen molar-refractivity contribution in [1.82, 2.24) is 15.5 Å². The highest BCUT2D eigenvalue weighted by Crippen LogP contribution is 2.29. The zero-order valence-corrected chi connectivity index (χ0v) is 14.3. The number of nitrogens with zero attached hydrogens (tertiary/aromatic N) is 1. The van der Waals surface area contributed by atoms with Gasteiger partial charge in [0.2, 0.25) is 5.91 Å². The van der Waals surface area contributed by atoms with Crippen molar-refractivity contribution < 1.29 is 14.0 Å². The first-order chi connectivity index (χ1) is 11.5. The zero-order chi connectivity index (χ0) is 17.5. The van der Waals surface area contributed by atoms with E-state index in [4.69, 9.17) is 0 Å². The van der Waals surface area contributed by atoms with Gasteiger partial charge in [-0.2, -0.15) is 0 Å². The second kappa shape index (κ2) is 8.66. The van der Waals surface area contributed by atoms with E-state index in [2.05, 4.69) is 10.6 Å². The monoisotopic (exact) mass is 335 g/mol. The molecule has 1 fully saturated rings. The van der Waals surface area contributed by atoms with Crippen LogP contribution in [0, 0.1) is 11.7 Å². The average Bonchev–Trinajstić information content (AvgIpc) is 3.01. The summed E-state index contributed by atoms with van der Waals surface area (Å²) in [6, 6.07) is 6.55. The molecule has 3 amide bonds. The van der Waals surface area contributed by atoms with Crippen molar-refractivity contribution in [3.8, 4) is 0 Å². The minimum Gasteiger partial charge on any atom is -0.359 e. The molecule has 2 atom stereocenters. The number of carbonyl (C=O) groups is 2. The third kappa shape index (κ3) is 5.22. The Balaban J connectivity index is 1.84. The van der Waals surface area contributed by atoms with Crippen molar-refractivity contribution in [2.45, 2.75) is 38.1 Å². The maximum Gasteiger partial charge on any atom is 0.317 e. The Morgan fingerprint density at radius 2 is 1.96 bits per heavy atom. The Labute approximate surface area is 142 Å². The van der Waals surface area contributed by atoms with E-state index < -0.39 is 0 Å². The van der Waals surface area contributed by atoms with Crippen LogP contribution in [0.4, 0.5) is 9.18 Å². The lowest BCUT2D eigenvalue weighted by atomic mass is 9.94. The fourth-order valence-electron chi connectivity index (χ4n) is 3.16. The minimum atomic E-state index is -0.229. The summed E-state index contributed by atoms with van der Waals surface area (Å²) in [6.45, 7) is 0.390. The minimum absolute atomic E-state index is 0.0790. The average molecular weight is 335 g/mol. The molecular formula is C18H26FN3O2. The van der Waals surface area contributed by atoms with E-state index in [-0.39, 0.29) is 23.8 Å². The van der Waals surface area contributed by atoms with Gasteiger partial charge in [0.05, 0.1) is 0 Å². The molecule has 2 N–H and O–H groups in total. The summed E-state index contributed by atoms with van der Waals surface area (Å²) < 4.78 is 13.0. The van der Waals surface area contributed by atoms with Gasteiger partial charge in [-0.1, -0.05) is 18.6 Å². The number of carbonyl (C=O) groups excluding carboxylic acids is 2. The van der Waals surface area contributed by atoms with E-state index in [1.807, 2.05) is 12.1 Å². The molecule has 0 saturated heterocycles. The molecule has 24 heavy (non-hydrogen) atoms. The highest BCUT2D eigenvalue weighted by molar-refractivity contribution is 5.78. The van der Waals surface area contributed by atoms with Crippen LogP contribution >= 0.6 is 0 Å². The summed E-state index contributed by atoms with van der Waals surface area (Å²) >= 11 is 0. The molecule has 0 spiro atoms. The maximum absolute atomic E-state index is 13.0. The molecule has 132 valence electrons. The highest BCUT2D eigenvalue weighted by Gasteiger charge is 2.29. The quantitative estimate of drug-likeness (QED) is 0.838. The van der Waals surface area contributed by atoms with Crippen LogP contribution in [-0.2, 0) is 11.2 Å². The lowest BCUT2D eigenvalue weighted by Gasteiger charge is -2.25. The lowest BCUT2D eigenvalue weighted by molar-refractivity contribution is -0.120. The van der Waals surface area contributed by atoms with Crippen LogP contribution in [0.15, 0.2) is 24.3 Å². The molecule has 0 aliphatic heterocycles. The Kier molecular flexibility index (Phi) is 6.58. The fraction of sp³-hybridized carbons (Fsp3) is 0.556. The first-order valence-corrected chi connectivity index (χ1v) is 8.46. The summed E-state index contributed by atoms with van der Waals surface area (Å²) in [5.41, 5.74) is 1.09. The van der Waals surface area contributed by atoms with E-state index in [0.717, 1.165) is 31.2 Å². The van der Waals surface area contributed by atoms with Gasteiger partial charge in [-0.15, -0.1) is 0 Å². The Morgan fingerprint density at radius 1 is 1.25 bits per heavy atom.